The Morgan fingerprint density at radius 3 is 2.20 bits per heavy atom. The van der Waals surface area contributed by atoms with E-state index in [1.807, 2.05) is 41.0 Å². The summed E-state index contributed by atoms with van der Waals surface area (Å²) in [7, 11) is 0. The number of nitrogens with one attached hydrogen (secondary N) is 2. The van der Waals surface area contributed by atoms with Gasteiger partial charge in [-0.15, -0.1) is 0 Å². The van der Waals surface area contributed by atoms with E-state index in [9.17, 15) is 9.59 Å². The number of anilines is 3. The average Bonchev–Trinajstić information content (AvgIpc) is 3.29. The third-order valence-corrected chi connectivity index (χ3v) is 6.88. The van der Waals surface area contributed by atoms with Gasteiger partial charge in [0.05, 0.1) is 34.2 Å². The first kappa shape index (κ1) is 30.3. The fraction of sp³-hybridized carbons (Fsp3) is 0.312. The number of ether oxygens (including phenoxy) is 1. The molecule has 7 nitrogen and oxygen atoms in total. The minimum atomic E-state index is -0.444. The number of fused-ring (bicyclic) bond motifs is 1. The third kappa shape index (κ3) is 7.34. The minimum absolute atomic E-state index is 0.247. The molecule has 4 rings (SSSR count). The number of rotatable bonds is 10. The molecular formula is C32H36Cl2N4O3. The Morgan fingerprint density at radius 1 is 0.902 bits per heavy atom. The zero-order chi connectivity index (χ0) is 29.7. The maximum Gasteiger partial charge on any atom is 0.355 e. The molecule has 0 saturated carbocycles. The van der Waals surface area contributed by atoms with Gasteiger partial charge in [-0.25, -0.2) is 9.59 Å². The SMILES string of the molecule is CCOC(=O)c1cc2ccccc2n1-c1cc(Cl)c(N(CC(C)C)CC(C)C)c(NC(=O)Nc2ccc(Cl)cc2)c1. The van der Waals surface area contributed by atoms with Gasteiger partial charge in [-0.3, -0.25) is 0 Å². The third-order valence-electron chi connectivity index (χ3n) is 6.34. The smallest absolute Gasteiger partial charge is 0.355 e. The van der Waals surface area contributed by atoms with Gasteiger partial charge in [0.1, 0.15) is 5.69 Å². The van der Waals surface area contributed by atoms with Crippen LogP contribution >= 0.6 is 23.2 Å². The van der Waals surface area contributed by atoms with Crippen molar-refractivity contribution in [3.63, 3.8) is 0 Å². The second kappa shape index (κ2) is 13.3. The maximum atomic E-state index is 13.3. The van der Waals surface area contributed by atoms with E-state index in [1.54, 1.807) is 37.3 Å². The molecule has 2 amide bonds. The second-order valence-corrected chi connectivity index (χ2v) is 11.6. The van der Waals surface area contributed by atoms with Crippen LogP contribution in [0.3, 0.4) is 0 Å². The number of nitrogens with zero attached hydrogens (tertiary/aromatic N) is 2. The molecule has 1 heterocycles. The van der Waals surface area contributed by atoms with E-state index >= 15 is 0 Å². The van der Waals surface area contributed by atoms with E-state index in [4.69, 9.17) is 27.9 Å². The van der Waals surface area contributed by atoms with Crippen LogP contribution in [0.25, 0.3) is 16.6 Å². The van der Waals surface area contributed by atoms with Crippen molar-refractivity contribution < 1.29 is 14.3 Å². The fourth-order valence-corrected chi connectivity index (χ4v) is 5.33. The quantitative estimate of drug-likeness (QED) is 0.180. The van der Waals surface area contributed by atoms with Crippen molar-refractivity contribution in [2.75, 3.05) is 35.2 Å². The van der Waals surface area contributed by atoms with Gasteiger partial charge in [0, 0.05) is 29.2 Å². The maximum absolute atomic E-state index is 13.3. The normalized spacial score (nSPS) is 11.2. The average molecular weight is 596 g/mol. The van der Waals surface area contributed by atoms with Gasteiger partial charge < -0.3 is 24.8 Å². The zero-order valence-corrected chi connectivity index (χ0v) is 25.5. The van der Waals surface area contributed by atoms with E-state index in [1.165, 1.54) is 0 Å². The van der Waals surface area contributed by atoms with Crippen molar-refractivity contribution >= 4 is 63.2 Å². The summed E-state index contributed by atoms with van der Waals surface area (Å²) < 4.78 is 7.20. The zero-order valence-electron chi connectivity index (χ0n) is 24.0. The van der Waals surface area contributed by atoms with E-state index < -0.39 is 12.0 Å². The largest absolute Gasteiger partial charge is 0.461 e. The minimum Gasteiger partial charge on any atom is -0.461 e. The lowest BCUT2D eigenvalue weighted by atomic mass is 10.1. The molecular weight excluding hydrogens is 559 g/mol. The fourth-order valence-electron chi connectivity index (χ4n) is 4.88. The molecule has 0 aliphatic carbocycles. The van der Waals surface area contributed by atoms with Gasteiger partial charge in [0.2, 0.25) is 0 Å². The van der Waals surface area contributed by atoms with Crippen molar-refractivity contribution in [2.24, 2.45) is 11.8 Å². The number of hydrogen-bond acceptors (Lipinski definition) is 4. The number of aromatic nitrogens is 1. The molecule has 3 aromatic carbocycles. The van der Waals surface area contributed by atoms with Crippen LogP contribution in [0.5, 0.6) is 0 Å². The van der Waals surface area contributed by atoms with E-state index in [0.717, 1.165) is 29.7 Å². The van der Waals surface area contributed by atoms with Gasteiger partial charge in [-0.2, -0.15) is 0 Å². The highest BCUT2D eigenvalue weighted by Crippen LogP contribution is 2.39. The number of esters is 1. The van der Waals surface area contributed by atoms with Gasteiger partial charge in [0.15, 0.2) is 0 Å². The van der Waals surface area contributed by atoms with Gasteiger partial charge in [-0.1, -0.05) is 69.1 Å². The predicted molar refractivity (Wildman–Crippen MR) is 170 cm³/mol. The van der Waals surface area contributed by atoms with Crippen LogP contribution in [0.4, 0.5) is 21.9 Å². The lowest BCUT2D eigenvalue weighted by Crippen LogP contribution is -2.33. The molecule has 0 aliphatic heterocycles. The van der Waals surface area contributed by atoms with E-state index in [2.05, 4.69) is 43.2 Å². The van der Waals surface area contributed by atoms with Crippen LogP contribution in [0.1, 0.15) is 45.1 Å². The van der Waals surface area contributed by atoms with Gasteiger partial charge >= 0.3 is 12.0 Å². The lowest BCUT2D eigenvalue weighted by Gasteiger charge is -2.31. The molecule has 0 fully saturated rings. The Kier molecular flexibility index (Phi) is 9.84. The summed E-state index contributed by atoms with van der Waals surface area (Å²) >= 11 is 13.1. The highest BCUT2D eigenvalue weighted by Gasteiger charge is 2.24. The molecule has 0 saturated heterocycles. The monoisotopic (exact) mass is 594 g/mol. The van der Waals surface area contributed by atoms with E-state index in [0.29, 0.717) is 44.6 Å². The van der Waals surface area contributed by atoms with Crippen molar-refractivity contribution in [1.82, 2.24) is 4.57 Å². The number of carbonyl (C=O) groups is 2. The number of benzene rings is 3. The molecule has 216 valence electrons. The first-order chi connectivity index (χ1) is 19.6. The number of carbonyl (C=O) groups excluding carboxylic acids is 2. The Morgan fingerprint density at radius 2 is 1.56 bits per heavy atom. The molecule has 0 aliphatic rings. The number of para-hydroxylation sites is 1. The molecule has 41 heavy (non-hydrogen) atoms. The summed E-state index contributed by atoms with van der Waals surface area (Å²) in [5, 5.41) is 7.80. The Labute approximate surface area is 251 Å². The topological polar surface area (TPSA) is 75.6 Å². The molecule has 9 heteroatoms. The highest BCUT2D eigenvalue weighted by molar-refractivity contribution is 6.34. The summed E-state index contributed by atoms with van der Waals surface area (Å²) in [6, 6.07) is 19.6. The number of halogens is 2. The summed E-state index contributed by atoms with van der Waals surface area (Å²) in [6.45, 7) is 12.1. The number of hydrogen-bond donors (Lipinski definition) is 2. The number of amides is 2. The van der Waals surface area contributed by atoms with Crippen LogP contribution in [-0.4, -0.2) is 36.3 Å². The summed E-state index contributed by atoms with van der Waals surface area (Å²) in [4.78, 5) is 28.5. The Hall–Kier alpha value is -3.68. The first-order valence-electron chi connectivity index (χ1n) is 13.8. The molecule has 1 aromatic heterocycles. The Bertz CT molecular complexity index is 1520. The second-order valence-electron chi connectivity index (χ2n) is 10.7. The summed E-state index contributed by atoms with van der Waals surface area (Å²) in [5.74, 6) is 0.258. The molecule has 0 radical (unpaired) electrons. The van der Waals surface area contributed by atoms with Crippen LogP contribution in [0.15, 0.2) is 66.7 Å². The van der Waals surface area contributed by atoms with Crippen molar-refractivity contribution in [2.45, 2.75) is 34.6 Å². The molecule has 0 spiro atoms. The van der Waals surface area contributed by atoms with Crippen LogP contribution in [0.2, 0.25) is 10.0 Å². The standard InChI is InChI=1S/C32H36Cl2N4O3/c1-6-41-31(39)29-15-22-9-7-8-10-28(22)38(29)25-16-26(34)30(37(18-20(2)3)19-21(4)5)27(17-25)36-32(40)35-24-13-11-23(33)12-14-24/h7-17,20-21H,6,18-19H2,1-5H3,(H2,35,36,40). The van der Waals surface area contributed by atoms with Crippen molar-refractivity contribution in [3.8, 4) is 5.69 Å². The molecule has 2 N–H and O–H groups in total. The van der Waals surface area contributed by atoms with Crippen molar-refractivity contribution in [1.29, 1.82) is 0 Å². The molecule has 0 unspecified atom stereocenters. The Balaban J connectivity index is 1.87. The van der Waals surface area contributed by atoms with Crippen molar-refractivity contribution in [3.05, 3.63) is 82.5 Å². The molecule has 4 aromatic rings. The summed E-state index contributed by atoms with van der Waals surface area (Å²) in [5.41, 5.74) is 3.65. The summed E-state index contributed by atoms with van der Waals surface area (Å²) in [6.07, 6.45) is 0. The van der Waals surface area contributed by atoms with Crippen LogP contribution in [0, 0.1) is 11.8 Å². The first-order valence-corrected chi connectivity index (χ1v) is 14.5. The van der Waals surface area contributed by atoms with Crippen LogP contribution in [-0.2, 0) is 4.74 Å². The van der Waals surface area contributed by atoms with E-state index in [-0.39, 0.29) is 6.61 Å². The highest BCUT2D eigenvalue weighted by atomic mass is 35.5. The van der Waals surface area contributed by atoms with Gasteiger partial charge in [0.25, 0.3) is 0 Å². The van der Waals surface area contributed by atoms with Gasteiger partial charge in [-0.05, 0) is 67.3 Å². The number of urea groups is 1. The molecule has 0 atom stereocenters. The van der Waals surface area contributed by atoms with Crippen LogP contribution < -0.4 is 15.5 Å². The predicted octanol–water partition coefficient (Wildman–Crippen LogP) is 8.88. The lowest BCUT2D eigenvalue weighted by molar-refractivity contribution is 0.0517. The molecule has 0 bridgehead atoms.